The number of aliphatic hydroxyl groups excluding tert-OH is 1. The van der Waals surface area contributed by atoms with Gasteiger partial charge in [0, 0.05) is 19.1 Å². The Morgan fingerprint density at radius 2 is 1.63 bits per heavy atom. The number of hydrogen-bond acceptors (Lipinski definition) is 5. The van der Waals surface area contributed by atoms with Gasteiger partial charge in [0.1, 0.15) is 19.0 Å². The number of fused-ring (bicyclic) bond motifs is 1. The molecule has 0 spiro atoms. The maximum atomic E-state index is 13.1. The number of carbonyl (C=O) groups excluding carboxylic acids is 1. The first-order valence-electron chi connectivity index (χ1n) is 12.1. The number of carbonyl (C=O) groups is 1. The summed E-state index contributed by atoms with van der Waals surface area (Å²) < 4.78 is 11.8. The molecule has 0 heterocycles. The zero-order valence-electron chi connectivity index (χ0n) is 20.6. The summed E-state index contributed by atoms with van der Waals surface area (Å²) in [5, 5.41) is 14.6. The van der Waals surface area contributed by atoms with Crippen LogP contribution in [0.25, 0.3) is 0 Å². The molecule has 0 fully saturated rings. The summed E-state index contributed by atoms with van der Waals surface area (Å²) in [6, 6.07) is 23.5. The van der Waals surface area contributed by atoms with Gasteiger partial charge in [-0.1, -0.05) is 80.6 Å². The molecule has 184 valence electrons. The van der Waals surface area contributed by atoms with Crippen LogP contribution in [0.5, 0.6) is 5.75 Å². The Labute approximate surface area is 207 Å². The molecule has 2 N–H and O–H groups in total. The molecular formula is C29H34N2O4. The summed E-state index contributed by atoms with van der Waals surface area (Å²) in [4.78, 5) is 14.6. The van der Waals surface area contributed by atoms with Crippen LogP contribution in [-0.2, 0) is 24.4 Å². The number of amides is 1. The predicted octanol–water partition coefficient (Wildman–Crippen LogP) is 5.38. The van der Waals surface area contributed by atoms with Gasteiger partial charge in [0.25, 0.3) is 0 Å². The number of ether oxygens (including phenoxy) is 2. The normalized spacial score (nSPS) is 17.1. The quantitative estimate of drug-likeness (QED) is 0.458. The Morgan fingerprint density at radius 1 is 1.00 bits per heavy atom. The number of nitrogens with zero attached hydrogens (tertiary/aromatic N) is 1. The fourth-order valence-electron chi connectivity index (χ4n) is 4.57. The zero-order chi connectivity index (χ0) is 24.8. The third-order valence-electron chi connectivity index (χ3n) is 6.29. The van der Waals surface area contributed by atoms with E-state index in [1.54, 1.807) is 7.05 Å². The van der Waals surface area contributed by atoms with Gasteiger partial charge in [-0.05, 0) is 41.2 Å². The summed E-state index contributed by atoms with van der Waals surface area (Å²) in [5.41, 5.74) is 4.34. The lowest BCUT2D eigenvalue weighted by Gasteiger charge is -2.35. The van der Waals surface area contributed by atoms with E-state index in [-0.39, 0.29) is 18.7 Å². The summed E-state index contributed by atoms with van der Waals surface area (Å²) in [6.45, 7) is 4.71. The van der Waals surface area contributed by atoms with Crippen molar-refractivity contribution >= 4 is 11.8 Å². The van der Waals surface area contributed by atoms with Crippen LogP contribution in [0.2, 0.25) is 0 Å². The van der Waals surface area contributed by atoms with E-state index >= 15 is 0 Å². The van der Waals surface area contributed by atoms with E-state index in [1.165, 1.54) is 4.90 Å². The maximum Gasteiger partial charge on any atom is 0.414 e. The van der Waals surface area contributed by atoms with E-state index in [0.717, 1.165) is 28.7 Å². The monoisotopic (exact) mass is 474 g/mol. The van der Waals surface area contributed by atoms with E-state index in [2.05, 4.69) is 19.2 Å². The van der Waals surface area contributed by atoms with Gasteiger partial charge in [-0.25, -0.2) is 4.79 Å². The van der Waals surface area contributed by atoms with Crippen molar-refractivity contribution in [3.63, 3.8) is 0 Å². The Morgan fingerprint density at radius 3 is 2.26 bits per heavy atom. The van der Waals surface area contributed by atoms with Gasteiger partial charge >= 0.3 is 6.09 Å². The summed E-state index contributed by atoms with van der Waals surface area (Å²) in [5.74, 6) is 0.592. The molecule has 1 amide bonds. The third kappa shape index (κ3) is 6.02. The molecule has 3 aromatic carbocycles. The first kappa shape index (κ1) is 24.8. The average Bonchev–Trinajstić information content (AvgIpc) is 2.88. The van der Waals surface area contributed by atoms with Crippen LogP contribution < -0.4 is 15.0 Å². The number of anilines is 1. The van der Waals surface area contributed by atoms with E-state index in [1.807, 2.05) is 72.8 Å². The van der Waals surface area contributed by atoms with E-state index in [9.17, 15) is 9.90 Å². The van der Waals surface area contributed by atoms with Crippen LogP contribution in [0.4, 0.5) is 10.5 Å². The van der Waals surface area contributed by atoms with Crippen molar-refractivity contribution in [3.05, 3.63) is 95.1 Å². The molecule has 1 aliphatic carbocycles. The summed E-state index contributed by atoms with van der Waals surface area (Å²) >= 11 is 0. The molecule has 3 aromatic rings. The fraction of sp³-hybridized carbons (Fsp3) is 0.345. The number of aliphatic hydroxyl groups is 1. The van der Waals surface area contributed by atoms with Crippen molar-refractivity contribution in [3.8, 4) is 5.75 Å². The van der Waals surface area contributed by atoms with E-state index in [4.69, 9.17) is 9.47 Å². The first-order valence-corrected chi connectivity index (χ1v) is 12.1. The molecule has 2 unspecified atom stereocenters. The van der Waals surface area contributed by atoms with Gasteiger partial charge in [0.05, 0.1) is 11.8 Å². The van der Waals surface area contributed by atoms with Gasteiger partial charge in [-0.2, -0.15) is 0 Å². The molecule has 2 atom stereocenters. The third-order valence-corrected chi connectivity index (χ3v) is 6.29. The van der Waals surface area contributed by atoms with E-state index in [0.29, 0.717) is 24.5 Å². The molecule has 1 aliphatic rings. The minimum atomic E-state index is -0.670. The van der Waals surface area contributed by atoms with Gasteiger partial charge in [-0.15, -0.1) is 0 Å². The van der Waals surface area contributed by atoms with Crippen molar-refractivity contribution < 1.29 is 19.4 Å². The molecular weight excluding hydrogens is 440 g/mol. The highest BCUT2D eigenvalue weighted by atomic mass is 16.6. The van der Waals surface area contributed by atoms with Gasteiger partial charge < -0.3 is 19.9 Å². The fourth-order valence-corrected chi connectivity index (χ4v) is 4.57. The highest BCUT2D eigenvalue weighted by Gasteiger charge is 2.33. The number of benzene rings is 3. The lowest BCUT2D eigenvalue weighted by Crippen LogP contribution is -2.42. The van der Waals surface area contributed by atoms with Crippen LogP contribution in [-0.4, -0.2) is 30.3 Å². The van der Waals surface area contributed by atoms with Crippen molar-refractivity contribution in [2.24, 2.45) is 0 Å². The second-order valence-corrected chi connectivity index (χ2v) is 9.26. The van der Waals surface area contributed by atoms with Crippen LogP contribution in [0.1, 0.15) is 48.6 Å². The second-order valence-electron chi connectivity index (χ2n) is 9.26. The van der Waals surface area contributed by atoms with Crippen molar-refractivity contribution in [2.45, 2.75) is 58.1 Å². The summed E-state index contributed by atoms with van der Waals surface area (Å²) in [7, 11) is 1.70. The minimum Gasteiger partial charge on any atom is -0.487 e. The van der Waals surface area contributed by atoms with Crippen molar-refractivity contribution in [1.29, 1.82) is 0 Å². The summed E-state index contributed by atoms with van der Waals surface area (Å²) in [6.07, 6.45) is 0.333. The first-order chi connectivity index (χ1) is 16.9. The second kappa shape index (κ2) is 11.4. The lowest BCUT2D eigenvalue weighted by atomic mass is 9.84. The van der Waals surface area contributed by atoms with Gasteiger partial charge in [0.15, 0.2) is 0 Å². The molecule has 0 aromatic heterocycles. The molecule has 6 nitrogen and oxygen atoms in total. The molecule has 0 bridgehead atoms. The highest BCUT2D eigenvalue weighted by Crippen LogP contribution is 2.42. The molecule has 6 heteroatoms. The molecule has 35 heavy (non-hydrogen) atoms. The minimum absolute atomic E-state index is 0.0400. The highest BCUT2D eigenvalue weighted by molar-refractivity contribution is 5.91. The van der Waals surface area contributed by atoms with Crippen LogP contribution in [0, 0.1) is 0 Å². The number of rotatable bonds is 8. The standard InChI is InChI=1S/C29H34N2O4/c1-20(2)30-25-16-14-23-24(28(25)32)15-17-26(34-18-21-10-6-4-7-11-21)27(23)31(3)29(33)35-19-22-12-8-5-9-13-22/h4-13,15,17,20,25,28,30,32H,14,16,18-19H2,1-3H3. The molecule has 0 saturated heterocycles. The van der Waals surface area contributed by atoms with Crippen molar-refractivity contribution in [1.82, 2.24) is 5.32 Å². The topological polar surface area (TPSA) is 71.0 Å². The van der Waals surface area contributed by atoms with Crippen LogP contribution in [0.15, 0.2) is 72.8 Å². The Bertz CT molecular complexity index is 1120. The molecule has 0 saturated carbocycles. The van der Waals surface area contributed by atoms with Gasteiger partial charge in [0.2, 0.25) is 0 Å². The Kier molecular flexibility index (Phi) is 8.06. The molecule has 0 radical (unpaired) electrons. The smallest absolute Gasteiger partial charge is 0.414 e. The predicted molar refractivity (Wildman–Crippen MR) is 138 cm³/mol. The SMILES string of the molecule is CC(C)NC1CCc2c(ccc(OCc3ccccc3)c2N(C)C(=O)OCc2ccccc2)C1O. The lowest BCUT2D eigenvalue weighted by molar-refractivity contribution is 0.110. The Balaban J connectivity index is 1.62. The van der Waals surface area contributed by atoms with Gasteiger partial charge in [-0.3, -0.25) is 4.90 Å². The van der Waals surface area contributed by atoms with Crippen LogP contribution >= 0.6 is 0 Å². The largest absolute Gasteiger partial charge is 0.487 e. The zero-order valence-corrected chi connectivity index (χ0v) is 20.6. The number of hydrogen-bond donors (Lipinski definition) is 2. The Hall–Kier alpha value is -3.35. The van der Waals surface area contributed by atoms with Crippen LogP contribution in [0.3, 0.4) is 0 Å². The van der Waals surface area contributed by atoms with Crippen molar-refractivity contribution in [2.75, 3.05) is 11.9 Å². The number of nitrogens with one attached hydrogen (secondary N) is 1. The molecule has 0 aliphatic heterocycles. The van der Waals surface area contributed by atoms with E-state index < -0.39 is 12.2 Å². The average molecular weight is 475 g/mol. The maximum absolute atomic E-state index is 13.1. The molecule has 4 rings (SSSR count).